The van der Waals surface area contributed by atoms with E-state index in [4.69, 9.17) is 0 Å². The quantitative estimate of drug-likeness (QED) is 0.756. The van der Waals surface area contributed by atoms with Crippen molar-refractivity contribution in [2.75, 3.05) is 5.32 Å². The van der Waals surface area contributed by atoms with E-state index >= 15 is 0 Å². The van der Waals surface area contributed by atoms with Crippen molar-refractivity contribution in [3.05, 3.63) is 28.7 Å². The first-order valence-corrected chi connectivity index (χ1v) is 6.25. The van der Waals surface area contributed by atoms with E-state index in [1.54, 1.807) is 18.2 Å². The van der Waals surface area contributed by atoms with Crippen molar-refractivity contribution in [2.45, 2.75) is 25.7 Å². The highest BCUT2D eigenvalue weighted by molar-refractivity contribution is 5.94. The number of amides is 1. The third kappa shape index (κ3) is 2.03. The Morgan fingerprint density at radius 3 is 2.67 bits per heavy atom. The monoisotopic (exact) mass is 245 g/mol. The average molecular weight is 245 g/mol. The van der Waals surface area contributed by atoms with Gasteiger partial charge in [0.1, 0.15) is 0 Å². The number of hydrogen-bond acceptors (Lipinski definition) is 2. The minimum atomic E-state index is -0.232. The van der Waals surface area contributed by atoms with Gasteiger partial charge in [-0.1, -0.05) is 12.8 Å². The summed E-state index contributed by atoms with van der Waals surface area (Å²) >= 11 is 0. The van der Waals surface area contributed by atoms with Gasteiger partial charge in [-0.15, -0.1) is 0 Å². The van der Waals surface area contributed by atoms with E-state index in [0.29, 0.717) is 5.52 Å². The average Bonchev–Trinajstić information content (AvgIpc) is 2.95. The van der Waals surface area contributed by atoms with Gasteiger partial charge in [-0.2, -0.15) is 0 Å². The second-order valence-electron chi connectivity index (χ2n) is 4.81. The van der Waals surface area contributed by atoms with Crippen LogP contribution in [-0.2, 0) is 4.79 Å². The van der Waals surface area contributed by atoms with E-state index in [0.717, 1.165) is 36.9 Å². The number of H-pyrrole nitrogens is 2. The number of nitrogens with one attached hydrogen (secondary N) is 3. The maximum atomic E-state index is 12.0. The number of aromatic nitrogens is 2. The standard InChI is InChI=1S/C13H15N3O2/c17-12(8-3-1-2-4-8)14-9-5-6-10-11(7-9)16-13(18)15-10/h5-8H,1-4H2,(H,14,17)(H2,15,16,18). The molecule has 1 aromatic carbocycles. The summed E-state index contributed by atoms with van der Waals surface area (Å²) in [5, 5.41) is 2.91. The van der Waals surface area contributed by atoms with Crippen LogP contribution in [-0.4, -0.2) is 15.9 Å². The van der Waals surface area contributed by atoms with Crippen molar-refractivity contribution in [2.24, 2.45) is 5.92 Å². The van der Waals surface area contributed by atoms with Gasteiger partial charge < -0.3 is 15.3 Å². The lowest BCUT2D eigenvalue weighted by Gasteiger charge is -2.10. The highest BCUT2D eigenvalue weighted by Gasteiger charge is 2.22. The normalized spacial score (nSPS) is 16.2. The van der Waals surface area contributed by atoms with E-state index in [1.807, 2.05) is 0 Å². The van der Waals surface area contributed by atoms with Gasteiger partial charge in [0.2, 0.25) is 5.91 Å². The van der Waals surface area contributed by atoms with E-state index in [1.165, 1.54) is 0 Å². The van der Waals surface area contributed by atoms with E-state index in [2.05, 4.69) is 15.3 Å². The predicted molar refractivity (Wildman–Crippen MR) is 69.5 cm³/mol. The SMILES string of the molecule is O=C(Nc1ccc2[nH]c(=O)[nH]c2c1)C1CCCC1. The Kier molecular flexibility index (Phi) is 2.66. The van der Waals surface area contributed by atoms with Crippen LogP contribution in [0, 0.1) is 5.92 Å². The van der Waals surface area contributed by atoms with E-state index in [9.17, 15) is 9.59 Å². The van der Waals surface area contributed by atoms with Gasteiger partial charge in [-0.25, -0.2) is 4.79 Å². The van der Waals surface area contributed by atoms with Crippen LogP contribution in [0.15, 0.2) is 23.0 Å². The molecule has 5 heteroatoms. The molecule has 0 aliphatic heterocycles. The molecule has 0 radical (unpaired) electrons. The lowest BCUT2D eigenvalue weighted by atomic mass is 10.1. The molecule has 0 spiro atoms. The molecule has 3 rings (SSSR count). The van der Waals surface area contributed by atoms with Gasteiger partial charge in [0.15, 0.2) is 0 Å². The Bertz CT molecular complexity index is 635. The maximum Gasteiger partial charge on any atom is 0.323 e. The van der Waals surface area contributed by atoms with Crippen LogP contribution in [0.1, 0.15) is 25.7 Å². The summed E-state index contributed by atoms with van der Waals surface area (Å²) in [5.41, 5.74) is 1.96. The molecular formula is C13H15N3O2. The minimum absolute atomic E-state index is 0.0877. The first kappa shape index (κ1) is 11.1. The maximum absolute atomic E-state index is 12.0. The van der Waals surface area contributed by atoms with Gasteiger partial charge in [-0.05, 0) is 31.0 Å². The summed E-state index contributed by atoms with van der Waals surface area (Å²) in [6.45, 7) is 0. The summed E-state index contributed by atoms with van der Waals surface area (Å²) in [6.07, 6.45) is 4.24. The fourth-order valence-electron chi connectivity index (χ4n) is 2.54. The number of anilines is 1. The molecule has 3 N–H and O–H groups in total. The largest absolute Gasteiger partial charge is 0.326 e. The lowest BCUT2D eigenvalue weighted by Crippen LogP contribution is -2.20. The number of rotatable bonds is 2. The van der Waals surface area contributed by atoms with Gasteiger partial charge in [0.25, 0.3) is 0 Å². The summed E-state index contributed by atoms with van der Waals surface area (Å²) < 4.78 is 0. The van der Waals surface area contributed by atoms with Crippen LogP contribution >= 0.6 is 0 Å². The van der Waals surface area contributed by atoms with Crippen molar-refractivity contribution < 1.29 is 4.79 Å². The fourth-order valence-corrected chi connectivity index (χ4v) is 2.54. The van der Waals surface area contributed by atoms with Crippen LogP contribution in [0.4, 0.5) is 5.69 Å². The first-order chi connectivity index (χ1) is 8.72. The molecule has 0 saturated heterocycles. The Labute approximate surface area is 104 Å². The van der Waals surface area contributed by atoms with Crippen molar-refractivity contribution in [3.63, 3.8) is 0 Å². The number of imidazole rings is 1. The molecule has 1 saturated carbocycles. The molecule has 1 fully saturated rings. The second kappa shape index (κ2) is 4.33. The Morgan fingerprint density at radius 1 is 1.17 bits per heavy atom. The molecule has 5 nitrogen and oxygen atoms in total. The Morgan fingerprint density at radius 2 is 1.89 bits per heavy atom. The highest BCUT2D eigenvalue weighted by atomic mass is 16.2. The molecule has 1 amide bonds. The van der Waals surface area contributed by atoms with Crippen LogP contribution in [0.3, 0.4) is 0 Å². The zero-order valence-corrected chi connectivity index (χ0v) is 9.95. The first-order valence-electron chi connectivity index (χ1n) is 6.25. The molecule has 0 bridgehead atoms. The van der Waals surface area contributed by atoms with Crippen molar-refractivity contribution >= 4 is 22.6 Å². The molecule has 94 valence electrons. The number of benzene rings is 1. The highest BCUT2D eigenvalue weighted by Crippen LogP contribution is 2.26. The van der Waals surface area contributed by atoms with E-state index < -0.39 is 0 Å². The third-order valence-electron chi connectivity index (χ3n) is 3.51. The molecule has 0 unspecified atom stereocenters. The Balaban J connectivity index is 1.81. The lowest BCUT2D eigenvalue weighted by molar-refractivity contribution is -0.119. The number of carbonyl (C=O) groups excluding carboxylic acids is 1. The molecule has 1 heterocycles. The van der Waals surface area contributed by atoms with Crippen LogP contribution in [0.5, 0.6) is 0 Å². The number of fused-ring (bicyclic) bond motifs is 1. The Hall–Kier alpha value is -2.04. The van der Waals surface area contributed by atoms with Gasteiger partial charge in [0.05, 0.1) is 11.0 Å². The zero-order valence-electron chi connectivity index (χ0n) is 9.95. The van der Waals surface area contributed by atoms with Crippen molar-refractivity contribution in [3.8, 4) is 0 Å². The number of aromatic amines is 2. The topological polar surface area (TPSA) is 77.8 Å². The zero-order chi connectivity index (χ0) is 12.5. The van der Waals surface area contributed by atoms with E-state index in [-0.39, 0.29) is 17.5 Å². The number of hydrogen-bond donors (Lipinski definition) is 3. The minimum Gasteiger partial charge on any atom is -0.326 e. The molecule has 1 aromatic heterocycles. The second-order valence-corrected chi connectivity index (χ2v) is 4.81. The third-order valence-corrected chi connectivity index (χ3v) is 3.51. The van der Waals surface area contributed by atoms with Gasteiger partial charge >= 0.3 is 5.69 Å². The predicted octanol–water partition coefficient (Wildman–Crippen LogP) is 1.98. The molecule has 1 aliphatic rings. The van der Waals surface area contributed by atoms with Gasteiger partial charge in [0, 0.05) is 11.6 Å². The van der Waals surface area contributed by atoms with Crippen molar-refractivity contribution in [1.29, 1.82) is 0 Å². The molecule has 2 aromatic rings. The van der Waals surface area contributed by atoms with Gasteiger partial charge in [-0.3, -0.25) is 4.79 Å². The number of carbonyl (C=O) groups is 1. The van der Waals surface area contributed by atoms with Crippen molar-refractivity contribution in [1.82, 2.24) is 9.97 Å². The summed E-state index contributed by atoms with van der Waals surface area (Å²) in [7, 11) is 0. The molecule has 0 atom stereocenters. The molecular weight excluding hydrogens is 230 g/mol. The van der Waals surface area contributed by atoms with Crippen LogP contribution in [0.2, 0.25) is 0 Å². The fraction of sp³-hybridized carbons (Fsp3) is 0.385. The summed E-state index contributed by atoms with van der Waals surface area (Å²) in [6, 6.07) is 5.37. The molecule has 18 heavy (non-hydrogen) atoms. The molecule has 1 aliphatic carbocycles. The summed E-state index contributed by atoms with van der Waals surface area (Å²) in [5.74, 6) is 0.232. The van der Waals surface area contributed by atoms with Crippen LogP contribution < -0.4 is 11.0 Å². The summed E-state index contributed by atoms with van der Waals surface area (Å²) in [4.78, 5) is 28.4. The smallest absolute Gasteiger partial charge is 0.323 e. The van der Waals surface area contributed by atoms with Crippen LogP contribution in [0.25, 0.3) is 11.0 Å².